The fourth-order valence-corrected chi connectivity index (χ4v) is 3.20. The highest BCUT2D eigenvalue weighted by molar-refractivity contribution is 7.14. The highest BCUT2D eigenvalue weighted by Gasteiger charge is 2.35. The first kappa shape index (κ1) is 12.6. The van der Waals surface area contributed by atoms with E-state index in [0.29, 0.717) is 6.54 Å². The Morgan fingerprint density at radius 2 is 2.29 bits per heavy atom. The summed E-state index contributed by atoms with van der Waals surface area (Å²) in [5.74, 6) is 0.170. The van der Waals surface area contributed by atoms with Crippen LogP contribution in [0.1, 0.15) is 33.5 Å². The lowest BCUT2D eigenvalue weighted by Crippen LogP contribution is -2.34. The molecule has 2 heterocycles. The molecule has 0 spiro atoms. The standard InChI is InChI=1S/C13H20N2OS/c1-9-6-11(17-10(9)2)12(16)15-5-4-13(3,7-14)8-15/h6H,4-5,7-8,14H2,1-3H3. The summed E-state index contributed by atoms with van der Waals surface area (Å²) < 4.78 is 0. The van der Waals surface area contributed by atoms with Crippen LogP contribution in [0.15, 0.2) is 6.07 Å². The van der Waals surface area contributed by atoms with Crippen LogP contribution in [0.5, 0.6) is 0 Å². The smallest absolute Gasteiger partial charge is 0.263 e. The number of amides is 1. The van der Waals surface area contributed by atoms with E-state index in [1.807, 2.05) is 11.0 Å². The zero-order chi connectivity index (χ0) is 12.6. The summed E-state index contributed by atoms with van der Waals surface area (Å²) in [4.78, 5) is 16.3. The minimum absolute atomic E-state index is 0.108. The third-order valence-corrected chi connectivity index (χ3v) is 4.86. The molecule has 1 atom stereocenters. The number of rotatable bonds is 2. The van der Waals surface area contributed by atoms with Crippen LogP contribution in [0.2, 0.25) is 0 Å². The van der Waals surface area contributed by atoms with Crippen LogP contribution in [0.3, 0.4) is 0 Å². The van der Waals surface area contributed by atoms with Gasteiger partial charge in [-0.25, -0.2) is 0 Å². The first-order chi connectivity index (χ1) is 7.95. The Labute approximate surface area is 107 Å². The molecule has 1 aliphatic heterocycles. The Hall–Kier alpha value is -0.870. The van der Waals surface area contributed by atoms with Crippen molar-refractivity contribution in [3.63, 3.8) is 0 Å². The molecule has 1 aromatic rings. The number of thiophene rings is 1. The summed E-state index contributed by atoms with van der Waals surface area (Å²) in [6, 6.07) is 2.00. The van der Waals surface area contributed by atoms with Crippen LogP contribution in [0, 0.1) is 19.3 Å². The van der Waals surface area contributed by atoms with Crippen LogP contribution in [-0.4, -0.2) is 30.4 Å². The van der Waals surface area contributed by atoms with Gasteiger partial charge in [0.05, 0.1) is 4.88 Å². The number of hydrogen-bond acceptors (Lipinski definition) is 3. The molecule has 1 aromatic heterocycles. The SMILES string of the molecule is Cc1cc(C(=O)N2CCC(C)(CN)C2)sc1C. The summed E-state index contributed by atoms with van der Waals surface area (Å²) in [6.45, 7) is 8.55. The molecule has 0 aromatic carbocycles. The van der Waals surface area contributed by atoms with Gasteiger partial charge in [0, 0.05) is 18.0 Å². The van der Waals surface area contributed by atoms with E-state index in [1.54, 1.807) is 11.3 Å². The van der Waals surface area contributed by atoms with Gasteiger partial charge < -0.3 is 10.6 Å². The van der Waals surface area contributed by atoms with Crippen molar-refractivity contribution in [3.05, 3.63) is 21.4 Å². The normalized spacial score (nSPS) is 24.4. The van der Waals surface area contributed by atoms with E-state index in [2.05, 4.69) is 20.8 Å². The molecule has 0 radical (unpaired) electrons. The lowest BCUT2D eigenvalue weighted by molar-refractivity contribution is 0.0781. The van der Waals surface area contributed by atoms with Crippen LogP contribution in [0.25, 0.3) is 0 Å². The minimum atomic E-state index is 0.108. The Morgan fingerprint density at radius 1 is 1.59 bits per heavy atom. The van der Waals surface area contributed by atoms with Crippen LogP contribution in [0.4, 0.5) is 0 Å². The molecule has 4 heteroatoms. The highest BCUT2D eigenvalue weighted by atomic mass is 32.1. The first-order valence-electron chi connectivity index (χ1n) is 6.01. The molecule has 2 N–H and O–H groups in total. The summed E-state index contributed by atoms with van der Waals surface area (Å²) in [5, 5.41) is 0. The molecule has 2 rings (SSSR count). The Kier molecular flexibility index (Phi) is 3.27. The molecule has 1 unspecified atom stereocenters. The van der Waals surface area contributed by atoms with Gasteiger partial charge in [-0.3, -0.25) is 4.79 Å². The second kappa shape index (κ2) is 4.42. The van der Waals surface area contributed by atoms with Gasteiger partial charge in [0.1, 0.15) is 0 Å². The summed E-state index contributed by atoms with van der Waals surface area (Å²) in [7, 11) is 0. The molecule has 0 bridgehead atoms. The molecular formula is C13H20N2OS. The van der Waals surface area contributed by atoms with E-state index in [1.165, 1.54) is 10.4 Å². The van der Waals surface area contributed by atoms with Crippen molar-refractivity contribution in [3.8, 4) is 0 Å². The first-order valence-corrected chi connectivity index (χ1v) is 6.83. The van der Waals surface area contributed by atoms with Gasteiger partial charge in [-0.1, -0.05) is 6.92 Å². The Bertz CT molecular complexity index is 421. The minimum Gasteiger partial charge on any atom is -0.337 e. The van der Waals surface area contributed by atoms with Crippen molar-refractivity contribution in [1.29, 1.82) is 0 Å². The maximum Gasteiger partial charge on any atom is 0.263 e. The molecule has 1 saturated heterocycles. The number of nitrogens with zero attached hydrogens (tertiary/aromatic N) is 1. The van der Waals surface area contributed by atoms with Crippen molar-refractivity contribution < 1.29 is 4.79 Å². The molecule has 1 aliphatic rings. The van der Waals surface area contributed by atoms with Crippen molar-refractivity contribution in [1.82, 2.24) is 4.90 Å². The number of likely N-dealkylation sites (tertiary alicyclic amines) is 1. The Morgan fingerprint density at radius 3 is 2.76 bits per heavy atom. The lowest BCUT2D eigenvalue weighted by Gasteiger charge is -2.22. The van der Waals surface area contributed by atoms with Crippen LogP contribution >= 0.6 is 11.3 Å². The van der Waals surface area contributed by atoms with Crippen LogP contribution in [-0.2, 0) is 0 Å². The predicted molar refractivity (Wildman–Crippen MR) is 71.5 cm³/mol. The fourth-order valence-electron chi connectivity index (χ4n) is 2.20. The fraction of sp³-hybridized carbons (Fsp3) is 0.615. The summed E-state index contributed by atoms with van der Waals surface area (Å²) in [5.41, 5.74) is 7.08. The van der Waals surface area contributed by atoms with Crippen molar-refractivity contribution in [2.24, 2.45) is 11.1 Å². The van der Waals surface area contributed by atoms with Gasteiger partial charge >= 0.3 is 0 Å². The van der Waals surface area contributed by atoms with E-state index in [0.717, 1.165) is 24.4 Å². The topological polar surface area (TPSA) is 46.3 Å². The van der Waals surface area contributed by atoms with E-state index in [-0.39, 0.29) is 11.3 Å². The largest absolute Gasteiger partial charge is 0.337 e. The van der Waals surface area contributed by atoms with Gasteiger partial charge in [0.2, 0.25) is 0 Å². The van der Waals surface area contributed by atoms with E-state index < -0.39 is 0 Å². The zero-order valence-electron chi connectivity index (χ0n) is 10.7. The number of carbonyl (C=O) groups is 1. The predicted octanol–water partition coefficient (Wildman–Crippen LogP) is 2.18. The second-order valence-electron chi connectivity index (χ2n) is 5.34. The quantitative estimate of drug-likeness (QED) is 0.877. The van der Waals surface area contributed by atoms with Gasteiger partial charge in [-0.05, 0) is 43.9 Å². The number of hydrogen-bond donors (Lipinski definition) is 1. The van der Waals surface area contributed by atoms with E-state index in [4.69, 9.17) is 5.73 Å². The third-order valence-electron chi connectivity index (χ3n) is 3.71. The van der Waals surface area contributed by atoms with Gasteiger partial charge in [0.25, 0.3) is 5.91 Å². The molecule has 94 valence electrons. The highest BCUT2D eigenvalue weighted by Crippen LogP contribution is 2.31. The molecule has 17 heavy (non-hydrogen) atoms. The molecular weight excluding hydrogens is 232 g/mol. The summed E-state index contributed by atoms with van der Waals surface area (Å²) >= 11 is 1.59. The van der Waals surface area contributed by atoms with E-state index in [9.17, 15) is 4.79 Å². The summed E-state index contributed by atoms with van der Waals surface area (Å²) in [6.07, 6.45) is 1.01. The number of carbonyl (C=O) groups excluding carboxylic acids is 1. The van der Waals surface area contributed by atoms with E-state index >= 15 is 0 Å². The zero-order valence-corrected chi connectivity index (χ0v) is 11.6. The number of nitrogens with two attached hydrogens (primary N) is 1. The molecule has 3 nitrogen and oxygen atoms in total. The lowest BCUT2D eigenvalue weighted by atomic mass is 9.90. The maximum absolute atomic E-state index is 12.3. The third kappa shape index (κ3) is 2.38. The second-order valence-corrected chi connectivity index (χ2v) is 6.60. The van der Waals surface area contributed by atoms with Crippen molar-refractivity contribution in [2.45, 2.75) is 27.2 Å². The molecule has 1 amide bonds. The average molecular weight is 252 g/mol. The van der Waals surface area contributed by atoms with Crippen molar-refractivity contribution >= 4 is 17.2 Å². The number of aryl methyl sites for hydroxylation is 2. The maximum atomic E-state index is 12.3. The van der Waals surface area contributed by atoms with Gasteiger partial charge in [-0.15, -0.1) is 11.3 Å². The monoisotopic (exact) mass is 252 g/mol. The molecule has 0 aliphatic carbocycles. The van der Waals surface area contributed by atoms with Gasteiger partial charge in [-0.2, -0.15) is 0 Å². The van der Waals surface area contributed by atoms with Crippen molar-refractivity contribution in [2.75, 3.05) is 19.6 Å². The van der Waals surface area contributed by atoms with Gasteiger partial charge in [0.15, 0.2) is 0 Å². The molecule has 1 fully saturated rings. The van der Waals surface area contributed by atoms with Crippen LogP contribution < -0.4 is 5.73 Å². The average Bonchev–Trinajstić information content (AvgIpc) is 2.84. The molecule has 0 saturated carbocycles. The Balaban J connectivity index is 2.12.